The highest BCUT2D eigenvalue weighted by molar-refractivity contribution is 6.30. The molecular formula is C11H12ClN3. The fraction of sp³-hybridized carbons (Fsp3) is 0.364. The van der Waals surface area contributed by atoms with Gasteiger partial charge in [-0.05, 0) is 31.7 Å². The highest BCUT2D eigenvalue weighted by Crippen LogP contribution is 2.26. The first kappa shape index (κ1) is 9.04. The van der Waals surface area contributed by atoms with Gasteiger partial charge in [-0.1, -0.05) is 11.6 Å². The molecule has 2 aromatic heterocycles. The monoisotopic (exact) mass is 221 g/mol. The molecule has 2 N–H and O–H groups in total. The largest absolute Gasteiger partial charge is 0.396 e. The third-order valence-electron chi connectivity index (χ3n) is 2.97. The molecule has 4 heteroatoms. The van der Waals surface area contributed by atoms with Crippen LogP contribution in [0.4, 0.5) is 5.69 Å². The van der Waals surface area contributed by atoms with Crippen LogP contribution in [0.3, 0.4) is 0 Å². The van der Waals surface area contributed by atoms with E-state index in [4.69, 9.17) is 17.3 Å². The quantitative estimate of drug-likeness (QED) is 0.743. The topological polar surface area (TPSA) is 43.3 Å². The van der Waals surface area contributed by atoms with Gasteiger partial charge >= 0.3 is 0 Å². The molecule has 2 aromatic rings. The molecule has 1 aliphatic carbocycles. The molecule has 15 heavy (non-hydrogen) atoms. The van der Waals surface area contributed by atoms with Crippen LogP contribution in [0.25, 0.3) is 5.65 Å². The second kappa shape index (κ2) is 3.14. The number of anilines is 1. The zero-order chi connectivity index (χ0) is 10.4. The van der Waals surface area contributed by atoms with E-state index in [0.717, 1.165) is 18.5 Å². The van der Waals surface area contributed by atoms with Crippen molar-refractivity contribution in [2.45, 2.75) is 25.7 Å². The Bertz CT molecular complexity index is 530. The van der Waals surface area contributed by atoms with E-state index in [1.54, 1.807) is 6.07 Å². The van der Waals surface area contributed by atoms with Crippen LogP contribution in [0.1, 0.15) is 24.2 Å². The molecule has 0 unspecified atom stereocenters. The highest BCUT2D eigenvalue weighted by Gasteiger charge is 2.17. The van der Waals surface area contributed by atoms with Crippen molar-refractivity contribution >= 4 is 22.9 Å². The molecule has 3 rings (SSSR count). The van der Waals surface area contributed by atoms with Crippen LogP contribution < -0.4 is 5.73 Å². The summed E-state index contributed by atoms with van der Waals surface area (Å²) >= 11 is 5.99. The molecule has 2 heterocycles. The summed E-state index contributed by atoms with van der Waals surface area (Å²) in [6.45, 7) is 0. The van der Waals surface area contributed by atoms with Gasteiger partial charge in [0.1, 0.15) is 0 Å². The number of aryl methyl sites for hydroxylation is 2. The lowest BCUT2D eigenvalue weighted by atomic mass is 10.0. The van der Waals surface area contributed by atoms with Gasteiger partial charge in [0.25, 0.3) is 0 Å². The van der Waals surface area contributed by atoms with E-state index >= 15 is 0 Å². The van der Waals surface area contributed by atoms with Gasteiger partial charge in [0, 0.05) is 11.9 Å². The van der Waals surface area contributed by atoms with Gasteiger partial charge < -0.3 is 10.1 Å². The van der Waals surface area contributed by atoms with Crippen LogP contribution in [-0.2, 0) is 12.8 Å². The number of imidazole rings is 1. The van der Waals surface area contributed by atoms with Crippen LogP contribution in [0.2, 0.25) is 5.02 Å². The highest BCUT2D eigenvalue weighted by atomic mass is 35.5. The van der Waals surface area contributed by atoms with E-state index in [1.165, 1.54) is 24.2 Å². The number of aromatic nitrogens is 2. The number of nitrogen functional groups attached to an aromatic ring is 1. The molecule has 0 fully saturated rings. The summed E-state index contributed by atoms with van der Waals surface area (Å²) in [6, 6.07) is 1.76. The van der Waals surface area contributed by atoms with E-state index in [9.17, 15) is 0 Å². The minimum atomic E-state index is 0.664. The number of pyridine rings is 1. The molecule has 0 saturated heterocycles. The SMILES string of the molecule is Nc1cc(Cl)cn2c3c(nc12)CCCC3. The Kier molecular flexibility index (Phi) is 1.89. The summed E-state index contributed by atoms with van der Waals surface area (Å²) in [5.41, 5.74) is 9.89. The van der Waals surface area contributed by atoms with E-state index in [2.05, 4.69) is 4.98 Å². The van der Waals surface area contributed by atoms with Crippen molar-refractivity contribution in [3.05, 3.63) is 28.7 Å². The van der Waals surface area contributed by atoms with Gasteiger partial charge in [-0.25, -0.2) is 4.98 Å². The Hall–Kier alpha value is -1.22. The zero-order valence-electron chi connectivity index (χ0n) is 8.33. The molecule has 0 spiro atoms. The van der Waals surface area contributed by atoms with E-state index in [0.29, 0.717) is 10.7 Å². The number of hydrogen-bond donors (Lipinski definition) is 1. The Morgan fingerprint density at radius 1 is 1.33 bits per heavy atom. The van der Waals surface area contributed by atoms with Gasteiger partial charge in [0.15, 0.2) is 5.65 Å². The second-order valence-electron chi connectivity index (χ2n) is 4.02. The first-order valence-electron chi connectivity index (χ1n) is 5.20. The molecule has 0 aromatic carbocycles. The van der Waals surface area contributed by atoms with Gasteiger partial charge in [0.05, 0.1) is 16.4 Å². The van der Waals surface area contributed by atoms with E-state index < -0.39 is 0 Å². The average molecular weight is 222 g/mol. The van der Waals surface area contributed by atoms with Gasteiger partial charge in [-0.3, -0.25) is 0 Å². The summed E-state index contributed by atoms with van der Waals surface area (Å²) < 4.78 is 2.05. The number of nitrogens with two attached hydrogens (primary N) is 1. The normalized spacial score (nSPS) is 15.5. The zero-order valence-corrected chi connectivity index (χ0v) is 9.09. The maximum atomic E-state index is 5.99. The Morgan fingerprint density at radius 3 is 3.00 bits per heavy atom. The lowest BCUT2D eigenvalue weighted by Gasteiger charge is -2.10. The Labute approximate surface area is 92.9 Å². The van der Waals surface area contributed by atoms with Crippen molar-refractivity contribution in [1.82, 2.24) is 9.38 Å². The fourth-order valence-electron chi connectivity index (χ4n) is 2.28. The molecule has 0 bridgehead atoms. The third kappa shape index (κ3) is 1.30. The smallest absolute Gasteiger partial charge is 0.160 e. The average Bonchev–Trinajstić information content (AvgIpc) is 2.57. The molecule has 0 saturated carbocycles. The minimum absolute atomic E-state index is 0.664. The molecule has 3 nitrogen and oxygen atoms in total. The van der Waals surface area contributed by atoms with Crippen LogP contribution in [0.5, 0.6) is 0 Å². The first-order chi connectivity index (χ1) is 7.25. The van der Waals surface area contributed by atoms with Crippen molar-refractivity contribution in [2.75, 3.05) is 5.73 Å². The van der Waals surface area contributed by atoms with Gasteiger partial charge in [0.2, 0.25) is 0 Å². The Morgan fingerprint density at radius 2 is 2.13 bits per heavy atom. The number of hydrogen-bond acceptors (Lipinski definition) is 2. The minimum Gasteiger partial charge on any atom is -0.396 e. The van der Waals surface area contributed by atoms with Crippen molar-refractivity contribution in [2.24, 2.45) is 0 Å². The van der Waals surface area contributed by atoms with E-state index in [1.807, 2.05) is 10.6 Å². The standard InChI is InChI=1S/C11H12ClN3/c12-7-5-8(13)11-14-9-3-1-2-4-10(9)15(11)6-7/h5-6H,1-4,13H2. The molecule has 78 valence electrons. The molecule has 0 amide bonds. The molecule has 0 radical (unpaired) electrons. The van der Waals surface area contributed by atoms with Crippen molar-refractivity contribution in [3.63, 3.8) is 0 Å². The summed E-state index contributed by atoms with van der Waals surface area (Å²) in [4.78, 5) is 4.57. The van der Waals surface area contributed by atoms with Crippen LogP contribution >= 0.6 is 11.6 Å². The third-order valence-corrected chi connectivity index (χ3v) is 3.18. The maximum Gasteiger partial charge on any atom is 0.160 e. The molecular weight excluding hydrogens is 210 g/mol. The number of fused-ring (bicyclic) bond motifs is 3. The molecule has 0 atom stereocenters. The molecule has 0 aliphatic heterocycles. The molecule has 1 aliphatic rings. The van der Waals surface area contributed by atoms with Crippen LogP contribution in [0, 0.1) is 0 Å². The first-order valence-corrected chi connectivity index (χ1v) is 5.58. The summed E-state index contributed by atoms with van der Waals surface area (Å²) in [5.74, 6) is 0. The van der Waals surface area contributed by atoms with Gasteiger partial charge in [-0.2, -0.15) is 0 Å². The predicted molar refractivity (Wildman–Crippen MR) is 61.3 cm³/mol. The van der Waals surface area contributed by atoms with Crippen molar-refractivity contribution in [3.8, 4) is 0 Å². The lowest BCUT2D eigenvalue weighted by molar-refractivity contribution is 0.660. The number of nitrogens with zero attached hydrogens (tertiary/aromatic N) is 2. The Balaban J connectivity index is 2.37. The fourth-order valence-corrected chi connectivity index (χ4v) is 2.49. The second-order valence-corrected chi connectivity index (χ2v) is 4.46. The van der Waals surface area contributed by atoms with Gasteiger partial charge in [-0.15, -0.1) is 0 Å². The predicted octanol–water partition coefficient (Wildman–Crippen LogP) is 2.45. The number of rotatable bonds is 0. The lowest BCUT2D eigenvalue weighted by Crippen LogP contribution is -2.03. The number of halogens is 1. The van der Waals surface area contributed by atoms with Crippen molar-refractivity contribution in [1.29, 1.82) is 0 Å². The van der Waals surface area contributed by atoms with Crippen LogP contribution in [0.15, 0.2) is 12.3 Å². The summed E-state index contributed by atoms with van der Waals surface area (Å²) in [7, 11) is 0. The van der Waals surface area contributed by atoms with Crippen molar-refractivity contribution < 1.29 is 0 Å². The van der Waals surface area contributed by atoms with E-state index in [-0.39, 0.29) is 0 Å². The van der Waals surface area contributed by atoms with Crippen LogP contribution in [-0.4, -0.2) is 9.38 Å². The summed E-state index contributed by atoms with van der Waals surface area (Å²) in [5, 5.41) is 0.672. The maximum absolute atomic E-state index is 5.99. The summed E-state index contributed by atoms with van der Waals surface area (Å²) in [6.07, 6.45) is 6.51.